The van der Waals surface area contributed by atoms with Gasteiger partial charge in [0.25, 0.3) is 0 Å². The van der Waals surface area contributed by atoms with Crippen LogP contribution in [0.2, 0.25) is 0 Å². The summed E-state index contributed by atoms with van der Waals surface area (Å²) >= 11 is 5.26. The lowest BCUT2D eigenvalue weighted by molar-refractivity contribution is -0.391. The molecule has 1 rings (SSSR count). The fourth-order valence-corrected chi connectivity index (χ4v) is 1.02. The first-order chi connectivity index (χ1) is 6.56. The Bertz CT molecular complexity index is 375. The molecule has 0 unspecified atom stereocenters. The molecule has 0 saturated heterocycles. The van der Waals surface area contributed by atoms with Gasteiger partial charge in [0.2, 0.25) is 5.82 Å². The van der Waals surface area contributed by atoms with Crippen molar-refractivity contribution < 1.29 is 9.72 Å². The topological polar surface area (TPSA) is 104 Å². The molecule has 2 N–H and O–H groups in total. The van der Waals surface area contributed by atoms with E-state index in [1.807, 2.05) is 0 Å². The number of nitrogens with two attached hydrogens (primary N) is 1. The Kier molecular flexibility index (Phi) is 3.03. The molecule has 14 heavy (non-hydrogen) atoms. The summed E-state index contributed by atoms with van der Waals surface area (Å²) in [7, 11) is 0. The Hall–Kier alpha value is -1.63. The largest absolute Gasteiger partial charge is 0.377 e. The first kappa shape index (κ1) is 10.5. The van der Waals surface area contributed by atoms with E-state index in [0.717, 1.165) is 10.9 Å². The Balaban J connectivity index is 2.98. The molecule has 0 bridgehead atoms. The van der Waals surface area contributed by atoms with Gasteiger partial charge < -0.3 is 15.8 Å². The average Bonchev–Trinajstić information content (AvgIpc) is 2.46. The van der Waals surface area contributed by atoms with Gasteiger partial charge in [-0.25, -0.2) is 4.57 Å². The van der Waals surface area contributed by atoms with E-state index < -0.39 is 4.92 Å². The van der Waals surface area contributed by atoms with Crippen molar-refractivity contribution in [3.05, 3.63) is 16.4 Å². The number of imidazole rings is 1. The summed E-state index contributed by atoms with van der Waals surface area (Å²) in [4.78, 5) is 24.3. The van der Waals surface area contributed by atoms with Crippen LogP contribution in [0.25, 0.3) is 0 Å². The van der Waals surface area contributed by atoms with E-state index >= 15 is 0 Å². The van der Waals surface area contributed by atoms with Gasteiger partial charge in [0.15, 0.2) is 18.7 Å². The van der Waals surface area contributed by atoms with Gasteiger partial charge >= 0.3 is 5.82 Å². The minimum Gasteiger partial charge on any atom is -0.377 e. The molecule has 1 aromatic heterocycles. The quantitative estimate of drug-likeness (QED) is 0.441. The third-order valence-corrected chi connectivity index (χ3v) is 1.80. The molecule has 0 aromatic carbocycles. The number of nitrogens with zero attached hydrogens (tertiary/aromatic N) is 3. The van der Waals surface area contributed by atoms with E-state index in [0.29, 0.717) is 0 Å². The lowest BCUT2D eigenvalue weighted by Gasteiger charge is -1.98. The zero-order chi connectivity index (χ0) is 10.7. The number of rotatable bonds is 4. The van der Waals surface area contributed by atoms with Gasteiger partial charge in [-0.15, -0.1) is 11.6 Å². The van der Waals surface area contributed by atoms with Crippen molar-refractivity contribution >= 4 is 29.0 Å². The van der Waals surface area contributed by atoms with Crippen LogP contribution >= 0.6 is 11.6 Å². The van der Waals surface area contributed by atoms with E-state index in [1.165, 1.54) is 0 Å². The number of Topliss-reactive ketones (excluding diaryl/α,β-unsaturated/α-hetero) is 1. The van der Waals surface area contributed by atoms with E-state index in [-0.39, 0.29) is 29.8 Å². The summed E-state index contributed by atoms with van der Waals surface area (Å²) in [6.45, 7) is -0.190. The van der Waals surface area contributed by atoms with E-state index in [9.17, 15) is 14.9 Å². The van der Waals surface area contributed by atoms with Crippen LogP contribution in [0, 0.1) is 10.1 Å². The molecular formula is C6H7ClN4O3. The predicted octanol–water partition coefficient (Wildman–Crippen LogP) is 0.181. The third-order valence-electron chi connectivity index (χ3n) is 1.51. The first-order valence-corrected chi connectivity index (χ1v) is 4.12. The smallest absolute Gasteiger partial charge is 0.367 e. The molecule has 0 aliphatic heterocycles. The van der Waals surface area contributed by atoms with Crippen LogP contribution in [0.3, 0.4) is 0 Å². The molecule has 0 saturated carbocycles. The van der Waals surface area contributed by atoms with Gasteiger partial charge in [0.1, 0.15) is 0 Å². The van der Waals surface area contributed by atoms with Crippen LogP contribution in [-0.4, -0.2) is 26.1 Å². The normalized spacial score (nSPS) is 10.1. The molecule has 0 spiro atoms. The number of halogens is 1. The second kappa shape index (κ2) is 4.05. The number of carbonyl (C=O) groups excluding carboxylic acids is 1. The average molecular weight is 219 g/mol. The summed E-state index contributed by atoms with van der Waals surface area (Å²) in [6.07, 6.45) is 1.14. The lowest BCUT2D eigenvalue weighted by Crippen LogP contribution is -2.12. The summed E-state index contributed by atoms with van der Waals surface area (Å²) in [5, 5.41) is 10.5. The number of aromatic nitrogens is 2. The van der Waals surface area contributed by atoms with Crippen LogP contribution in [-0.2, 0) is 11.3 Å². The number of anilines is 1. The molecule has 0 amide bonds. The summed E-state index contributed by atoms with van der Waals surface area (Å²) in [5.74, 6) is -1.14. The Morgan fingerprint density at radius 3 is 2.93 bits per heavy atom. The second-order valence-electron chi connectivity index (χ2n) is 2.51. The highest BCUT2D eigenvalue weighted by Crippen LogP contribution is 2.18. The maximum absolute atomic E-state index is 10.9. The molecule has 1 heterocycles. The van der Waals surface area contributed by atoms with Gasteiger partial charge in [0.05, 0.1) is 5.88 Å². The predicted molar refractivity (Wildman–Crippen MR) is 49.0 cm³/mol. The van der Waals surface area contributed by atoms with Gasteiger partial charge in [-0.3, -0.25) is 4.79 Å². The summed E-state index contributed by atoms with van der Waals surface area (Å²) < 4.78 is 1.06. The number of hydrogen-bond donors (Lipinski definition) is 1. The molecule has 0 aliphatic carbocycles. The highest BCUT2D eigenvalue weighted by atomic mass is 35.5. The number of nitro groups is 1. The number of alkyl halides is 1. The fourth-order valence-electron chi connectivity index (χ4n) is 0.938. The van der Waals surface area contributed by atoms with Crippen molar-refractivity contribution in [1.29, 1.82) is 0 Å². The number of ketones is 1. The van der Waals surface area contributed by atoms with Crippen LogP contribution in [0.5, 0.6) is 0 Å². The Labute approximate surface area is 83.6 Å². The maximum atomic E-state index is 10.9. The standard InChI is InChI=1S/C6H7ClN4O3/c7-1-4(12)2-10-3-9-5(8)6(10)11(13)14/h3H,1-2,8H2. The van der Waals surface area contributed by atoms with Crippen molar-refractivity contribution in [1.82, 2.24) is 9.55 Å². The first-order valence-electron chi connectivity index (χ1n) is 3.59. The van der Waals surface area contributed by atoms with Crippen molar-refractivity contribution in [2.45, 2.75) is 6.54 Å². The maximum Gasteiger partial charge on any atom is 0.367 e. The zero-order valence-electron chi connectivity index (χ0n) is 7.01. The van der Waals surface area contributed by atoms with Crippen LogP contribution in [0.4, 0.5) is 11.6 Å². The van der Waals surface area contributed by atoms with Gasteiger partial charge in [-0.2, -0.15) is 4.98 Å². The molecule has 0 fully saturated rings. The van der Waals surface area contributed by atoms with Crippen molar-refractivity contribution in [3.63, 3.8) is 0 Å². The van der Waals surface area contributed by atoms with E-state index in [4.69, 9.17) is 17.3 Å². The van der Waals surface area contributed by atoms with Crippen molar-refractivity contribution in [2.75, 3.05) is 11.6 Å². The van der Waals surface area contributed by atoms with Crippen LogP contribution < -0.4 is 5.73 Å². The number of hydrogen-bond acceptors (Lipinski definition) is 5. The molecule has 0 radical (unpaired) electrons. The fraction of sp³-hybridized carbons (Fsp3) is 0.333. The Morgan fingerprint density at radius 2 is 2.43 bits per heavy atom. The molecule has 1 aromatic rings. The third kappa shape index (κ3) is 1.99. The molecule has 76 valence electrons. The highest BCUT2D eigenvalue weighted by Gasteiger charge is 2.20. The van der Waals surface area contributed by atoms with Gasteiger partial charge in [-0.1, -0.05) is 0 Å². The monoisotopic (exact) mass is 218 g/mol. The minimum atomic E-state index is -0.691. The molecule has 0 atom stereocenters. The Morgan fingerprint density at radius 1 is 1.79 bits per heavy atom. The van der Waals surface area contributed by atoms with Crippen LogP contribution in [0.15, 0.2) is 6.33 Å². The lowest BCUT2D eigenvalue weighted by atomic mass is 10.4. The second-order valence-corrected chi connectivity index (χ2v) is 2.78. The number of nitrogen functional groups attached to an aromatic ring is 1. The van der Waals surface area contributed by atoms with Gasteiger partial charge in [-0.05, 0) is 4.92 Å². The number of carbonyl (C=O) groups is 1. The molecule has 7 nitrogen and oxygen atoms in total. The summed E-state index contributed by atoms with van der Waals surface area (Å²) in [6, 6.07) is 0. The van der Waals surface area contributed by atoms with E-state index in [2.05, 4.69) is 4.98 Å². The van der Waals surface area contributed by atoms with Gasteiger partial charge in [0, 0.05) is 0 Å². The summed E-state index contributed by atoms with van der Waals surface area (Å²) in [5.41, 5.74) is 5.24. The van der Waals surface area contributed by atoms with Crippen LogP contribution in [0.1, 0.15) is 0 Å². The SMILES string of the molecule is Nc1ncn(CC(=O)CCl)c1[N+](=O)[O-]. The van der Waals surface area contributed by atoms with Crippen molar-refractivity contribution in [2.24, 2.45) is 0 Å². The highest BCUT2D eigenvalue weighted by molar-refractivity contribution is 6.27. The molecule has 8 heteroatoms. The zero-order valence-corrected chi connectivity index (χ0v) is 7.77. The molecule has 0 aliphatic rings. The van der Waals surface area contributed by atoms with Crippen molar-refractivity contribution in [3.8, 4) is 0 Å². The minimum absolute atomic E-state index is 0.190. The molecular weight excluding hydrogens is 212 g/mol. The van der Waals surface area contributed by atoms with E-state index in [1.54, 1.807) is 0 Å².